The summed E-state index contributed by atoms with van der Waals surface area (Å²) in [7, 11) is 6.85. The van der Waals surface area contributed by atoms with Gasteiger partial charge in [0.2, 0.25) is 0 Å². The third-order valence-corrected chi connectivity index (χ3v) is 3.71. The number of nitrogens with zero attached hydrogens (tertiary/aromatic N) is 6. The number of hydrogen-bond donors (Lipinski definition) is 0. The van der Waals surface area contributed by atoms with Crippen LogP contribution in [0.1, 0.15) is 0 Å². The Labute approximate surface area is 131 Å². The predicted octanol–water partition coefficient (Wildman–Crippen LogP) is 0.155. The number of aryl methyl sites for hydroxylation is 1. The third-order valence-electron chi connectivity index (χ3n) is 3.71. The highest BCUT2D eigenvalue weighted by molar-refractivity contribution is 5.71. The zero-order chi connectivity index (χ0) is 16.7. The molecule has 2 heterocycles. The first-order valence-corrected chi connectivity index (χ1v) is 6.98. The maximum absolute atomic E-state index is 12.2. The van der Waals surface area contributed by atoms with Crippen molar-refractivity contribution in [3.8, 4) is 11.4 Å². The minimum absolute atomic E-state index is 0.122. The normalized spacial score (nSPS) is 11.0. The first kappa shape index (κ1) is 14.9. The summed E-state index contributed by atoms with van der Waals surface area (Å²) in [5.41, 5.74) is 1.15. The van der Waals surface area contributed by atoms with Gasteiger partial charge < -0.3 is 4.90 Å². The van der Waals surface area contributed by atoms with Gasteiger partial charge in [-0.25, -0.2) is 9.78 Å². The average Bonchev–Trinajstić information content (AvgIpc) is 2.57. The van der Waals surface area contributed by atoms with Crippen LogP contribution in [0.3, 0.4) is 0 Å². The lowest BCUT2D eigenvalue weighted by Gasteiger charge is -2.12. The van der Waals surface area contributed by atoms with Gasteiger partial charge in [-0.2, -0.15) is 0 Å². The van der Waals surface area contributed by atoms with Crippen LogP contribution >= 0.6 is 0 Å². The van der Waals surface area contributed by atoms with Crippen LogP contribution in [0.4, 0.5) is 5.69 Å². The van der Waals surface area contributed by atoms with E-state index in [1.807, 2.05) is 43.3 Å². The lowest BCUT2D eigenvalue weighted by atomic mass is 10.2. The largest absolute Gasteiger partial charge is 0.378 e. The van der Waals surface area contributed by atoms with Crippen LogP contribution in [0.2, 0.25) is 0 Å². The zero-order valence-corrected chi connectivity index (χ0v) is 13.3. The molecule has 23 heavy (non-hydrogen) atoms. The van der Waals surface area contributed by atoms with Gasteiger partial charge in [0.15, 0.2) is 17.0 Å². The molecule has 0 aliphatic rings. The molecule has 2 aromatic heterocycles. The topological polar surface area (TPSA) is 85.9 Å². The van der Waals surface area contributed by atoms with Crippen molar-refractivity contribution >= 4 is 16.9 Å². The molecule has 0 saturated heterocycles. The molecule has 0 radical (unpaired) electrons. The monoisotopic (exact) mass is 312 g/mol. The molecule has 3 rings (SSSR count). The molecule has 0 N–H and O–H groups in total. The molecule has 0 unspecified atom stereocenters. The highest BCUT2D eigenvalue weighted by Gasteiger charge is 2.13. The molecule has 0 fully saturated rings. The fraction of sp³-hybridized carbons (Fsp3) is 0.267. The Hall–Kier alpha value is -3.03. The van der Waals surface area contributed by atoms with Crippen molar-refractivity contribution in [2.24, 2.45) is 14.1 Å². The Morgan fingerprint density at radius 1 is 0.957 bits per heavy atom. The van der Waals surface area contributed by atoms with E-state index in [9.17, 15) is 9.59 Å². The predicted molar refractivity (Wildman–Crippen MR) is 87.6 cm³/mol. The quantitative estimate of drug-likeness (QED) is 0.670. The van der Waals surface area contributed by atoms with E-state index in [-0.39, 0.29) is 11.2 Å². The van der Waals surface area contributed by atoms with Gasteiger partial charge >= 0.3 is 5.69 Å². The van der Waals surface area contributed by atoms with Gasteiger partial charge in [0, 0.05) is 39.4 Å². The second-order valence-electron chi connectivity index (χ2n) is 5.45. The molecule has 0 amide bonds. The van der Waals surface area contributed by atoms with Crippen LogP contribution in [-0.2, 0) is 14.1 Å². The number of fused-ring (bicyclic) bond motifs is 1. The summed E-state index contributed by atoms with van der Waals surface area (Å²) in [4.78, 5) is 30.4. The standard InChI is InChI=1S/C15H16N6O2/c1-19(2)10-7-5-9(6-8-10)12-16-11-13(18-17-12)20(3)15(23)21(4)14(11)22/h5-8H,1-4H3. The highest BCUT2D eigenvalue weighted by Crippen LogP contribution is 2.19. The van der Waals surface area contributed by atoms with E-state index in [2.05, 4.69) is 15.2 Å². The molecule has 3 aromatic rings. The fourth-order valence-electron chi connectivity index (χ4n) is 2.28. The number of anilines is 1. The van der Waals surface area contributed by atoms with Gasteiger partial charge in [-0.1, -0.05) is 0 Å². The van der Waals surface area contributed by atoms with Crippen molar-refractivity contribution in [2.75, 3.05) is 19.0 Å². The van der Waals surface area contributed by atoms with Crippen LogP contribution in [0.15, 0.2) is 33.9 Å². The van der Waals surface area contributed by atoms with Gasteiger partial charge in [-0.15, -0.1) is 10.2 Å². The summed E-state index contributed by atoms with van der Waals surface area (Å²) < 4.78 is 2.27. The first-order valence-electron chi connectivity index (χ1n) is 6.98. The lowest BCUT2D eigenvalue weighted by Crippen LogP contribution is -2.38. The molecule has 0 saturated carbocycles. The minimum atomic E-state index is -0.482. The van der Waals surface area contributed by atoms with E-state index in [4.69, 9.17) is 0 Å². The van der Waals surface area contributed by atoms with Gasteiger partial charge in [-0.3, -0.25) is 13.9 Å². The van der Waals surface area contributed by atoms with E-state index >= 15 is 0 Å². The molecule has 0 atom stereocenters. The maximum Gasteiger partial charge on any atom is 0.332 e. The van der Waals surface area contributed by atoms with Crippen molar-refractivity contribution in [2.45, 2.75) is 0 Å². The Kier molecular flexibility index (Phi) is 3.44. The number of rotatable bonds is 2. The zero-order valence-electron chi connectivity index (χ0n) is 13.3. The van der Waals surface area contributed by atoms with E-state index in [1.165, 1.54) is 18.7 Å². The van der Waals surface area contributed by atoms with Crippen LogP contribution < -0.4 is 16.1 Å². The van der Waals surface area contributed by atoms with Crippen LogP contribution in [0.5, 0.6) is 0 Å². The SMILES string of the molecule is CN(C)c1ccc(-c2nnc3c(n2)c(=O)n(C)c(=O)n3C)cc1. The molecule has 1 aromatic carbocycles. The third kappa shape index (κ3) is 2.37. The second kappa shape index (κ2) is 5.31. The fourth-order valence-corrected chi connectivity index (χ4v) is 2.28. The number of benzene rings is 1. The van der Waals surface area contributed by atoms with Gasteiger partial charge in [0.05, 0.1) is 0 Å². The average molecular weight is 312 g/mol. The molecular formula is C15H16N6O2. The number of aromatic nitrogens is 5. The Balaban J connectivity index is 2.21. The van der Waals surface area contributed by atoms with Crippen molar-refractivity contribution in [3.05, 3.63) is 45.1 Å². The van der Waals surface area contributed by atoms with Gasteiger partial charge in [0.1, 0.15) is 0 Å². The smallest absolute Gasteiger partial charge is 0.332 e. The first-order chi connectivity index (χ1) is 10.9. The molecule has 0 bridgehead atoms. The Morgan fingerprint density at radius 3 is 2.22 bits per heavy atom. The van der Waals surface area contributed by atoms with Gasteiger partial charge in [-0.05, 0) is 24.3 Å². The van der Waals surface area contributed by atoms with Crippen LogP contribution in [0, 0.1) is 0 Å². The van der Waals surface area contributed by atoms with E-state index in [0.717, 1.165) is 15.8 Å². The molecule has 8 nitrogen and oxygen atoms in total. The summed E-state index contributed by atoms with van der Waals surface area (Å²) >= 11 is 0. The summed E-state index contributed by atoms with van der Waals surface area (Å²) in [5, 5.41) is 8.05. The highest BCUT2D eigenvalue weighted by atomic mass is 16.2. The summed E-state index contributed by atoms with van der Waals surface area (Å²) in [5.74, 6) is 0.346. The lowest BCUT2D eigenvalue weighted by molar-refractivity contribution is 0.698. The minimum Gasteiger partial charge on any atom is -0.378 e. The van der Waals surface area contributed by atoms with Crippen molar-refractivity contribution in [1.29, 1.82) is 0 Å². The van der Waals surface area contributed by atoms with Crippen molar-refractivity contribution in [3.63, 3.8) is 0 Å². The molecule has 118 valence electrons. The van der Waals surface area contributed by atoms with Crippen LogP contribution in [-0.4, -0.2) is 38.4 Å². The summed E-state index contributed by atoms with van der Waals surface area (Å²) in [6.07, 6.45) is 0. The number of hydrogen-bond acceptors (Lipinski definition) is 6. The van der Waals surface area contributed by atoms with Gasteiger partial charge in [0.25, 0.3) is 5.56 Å². The van der Waals surface area contributed by atoms with Crippen molar-refractivity contribution in [1.82, 2.24) is 24.3 Å². The molecule has 0 spiro atoms. The summed E-state index contributed by atoms with van der Waals surface area (Å²) in [6.45, 7) is 0. The van der Waals surface area contributed by atoms with E-state index in [1.54, 1.807) is 0 Å². The molecule has 0 aliphatic heterocycles. The molecule has 8 heteroatoms. The molecule has 0 aliphatic carbocycles. The van der Waals surface area contributed by atoms with Crippen molar-refractivity contribution < 1.29 is 0 Å². The second-order valence-corrected chi connectivity index (χ2v) is 5.45. The van der Waals surface area contributed by atoms with E-state index < -0.39 is 11.2 Å². The molecular weight excluding hydrogens is 296 g/mol. The van der Waals surface area contributed by atoms with Crippen LogP contribution in [0.25, 0.3) is 22.6 Å². The van der Waals surface area contributed by atoms with E-state index in [0.29, 0.717) is 5.82 Å². The maximum atomic E-state index is 12.2. The Bertz CT molecular complexity index is 1000. The Morgan fingerprint density at radius 2 is 1.61 bits per heavy atom. The summed E-state index contributed by atoms with van der Waals surface area (Å²) in [6, 6.07) is 7.60.